The van der Waals surface area contributed by atoms with Gasteiger partial charge in [0.2, 0.25) is 0 Å². The number of benzene rings is 1. The van der Waals surface area contributed by atoms with Crippen molar-refractivity contribution in [3.8, 4) is 0 Å². The molecule has 2 aliphatic rings. The lowest BCUT2D eigenvalue weighted by atomic mass is 9.94. The molecule has 1 aromatic carbocycles. The van der Waals surface area contributed by atoms with Crippen molar-refractivity contribution in [3.63, 3.8) is 0 Å². The van der Waals surface area contributed by atoms with Crippen LogP contribution in [0.5, 0.6) is 0 Å². The van der Waals surface area contributed by atoms with E-state index in [0.717, 1.165) is 55.7 Å². The average molecular weight is 444 g/mol. The minimum atomic E-state index is -0.492. The fourth-order valence-electron chi connectivity index (χ4n) is 4.30. The maximum atomic E-state index is 12.5. The van der Waals surface area contributed by atoms with Crippen molar-refractivity contribution < 1.29 is 8.78 Å². The topological polar surface area (TPSA) is 27.6 Å². The third-order valence-corrected chi connectivity index (χ3v) is 5.93. The number of aryl methyl sites for hydroxylation is 1. The Morgan fingerprint density at radius 2 is 1.88 bits per heavy atom. The predicted molar refractivity (Wildman–Crippen MR) is 132 cm³/mol. The molecule has 1 N–H and O–H groups in total. The number of aliphatic imine (C=N–C) groups is 1. The van der Waals surface area contributed by atoms with Crippen molar-refractivity contribution in [2.45, 2.75) is 66.3 Å². The number of rotatable bonds is 7. The second-order valence-electron chi connectivity index (χ2n) is 8.70. The van der Waals surface area contributed by atoms with Crippen LogP contribution in [-0.2, 0) is 6.42 Å². The fourth-order valence-corrected chi connectivity index (χ4v) is 4.30. The lowest BCUT2D eigenvalue weighted by Gasteiger charge is -2.36. The van der Waals surface area contributed by atoms with Crippen molar-refractivity contribution in [1.29, 1.82) is 0 Å². The monoisotopic (exact) mass is 443 g/mol. The smallest absolute Gasteiger partial charge is 0.126 e. The van der Waals surface area contributed by atoms with Gasteiger partial charge in [0.1, 0.15) is 11.6 Å². The number of hydrogen-bond donors (Lipinski definition) is 1. The average Bonchev–Trinajstić information content (AvgIpc) is 3.57. The molecule has 2 fully saturated rings. The van der Waals surface area contributed by atoms with Gasteiger partial charge >= 0.3 is 0 Å². The zero-order valence-corrected chi connectivity index (χ0v) is 20.3. The molecule has 0 radical (unpaired) electrons. The first kappa shape index (κ1) is 26.0. The maximum Gasteiger partial charge on any atom is 0.126 e. The van der Waals surface area contributed by atoms with Crippen molar-refractivity contribution in [3.05, 3.63) is 71.1 Å². The zero-order chi connectivity index (χ0) is 23.7. The van der Waals surface area contributed by atoms with E-state index in [2.05, 4.69) is 55.6 Å². The summed E-state index contributed by atoms with van der Waals surface area (Å²) in [4.78, 5) is 6.98. The van der Waals surface area contributed by atoms with Gasteiger partial charge in [0.25, 0.3) is 0 Å². The fraction of sp³-hybridized carbons (Fsp3) is 0.519. The molecule has 5 heteroatoms. The summed E-state index contributed by atoms with van der Waals surface area (Å²) in [5.41, 5.74) is 6.00. The van der Waals surface area contributed by atoms with Crippen molar-refractivity contribution in [1.82, 2.24) is 10.2 Å². The number of allylic oxidation sites excluding steroid dienone is 4. The van der Waals surface area contributed by atoms with Crippen LogP contribution >= 0.6 is 0 Å². The largest absolute Gasteiger partial charge is 0.372 e. The molecular weight excluding hydrogens is 404 g/mol. The van der Waals surface area contributed by atoms with Gasteiger partial charge in [-0.1, -0.05) is 26.0 Å². The Labute approximate surface area is 193 Å². The van der Waals surface area contributed by atoms with E-state index in [1.807, 2.05) is 6.92 Å². The molecule has 1 aliphatic carbocycles. The quantitative estimate of drug-likeness (QED) is 0.388. The minimum absolute atomic E-state index is 0.492. The Morgan fingerprint density at radius 3 is 2.38 bits per heavy atom. The molecule has 0 spiro atoms. The summed E-state index contributed by atoms with van der Waals surface area (Å²) in [6, 6.07) is 4.17. The van der Waals surface area contributed by atoms with Crippen LogP contribution in [0.25, 0.3) is 0 Å². The number of halogens is 2. The molecule has 0 bridgehead atoms. The van der Waals surface area contributed by atoms with Crippen LogP contribution in [0.4, 0.5) is 8.78 Å². The molecule has 1 aliphatic heterocycles. The van der Waals surface area contributed by atoms with Crippen molar-refractivity contribution >= 4 is 5.71 Å². The van der Waals surface area contributed by atoms with Crippen LogP contribution in [0, 0.1) is 17.6 Å². The van der Waals surface area contributed by atoms with Crippen LogP contribution in [0.15, 0.2) is 58.9 Å². The molecule has 1 saturated heterocycles. The van der Waals surface area contributed by atoms with Crippen LogP contribution in [0.2, 0.25) is 0 Å². The summed E-state index contributed by atoms with van der Waals surface area (Å²) in [5, 5.41) is 3.51. The molecule has 1 atom stereocenters. The Morgan fingerprint density at radius 1 is 1.22 bits per heavy atom. The maximum absolute atomic E-state index is 12.5. The van der Waals surface area contributed by atoms with E-state index >= 15 is 0 Å². The normalized spacial score (nSPS) is 20.3. The van der Waals surface area contributed by atoms with Gasteiger partial charge in [-0.15, -0.1) is 0 Å². The second-order valence-corrected chi connectivity index (χ2v) is 8.70. The summed E-state index contributed by atoms with van der Waals surface area (Å²) < 4.78 is 25.0. The highest BCUT2D eigenvalue weighted by atomic mass is 19.1. The summed E-state index contributed by atoms with van der Waals surface area (Å²) in [6.07, 6.45) is 8.20. The lowest BCUT2D eigenvalue weighted by Crippen LogP contribution is -2.48. The molecule has 1 saturated carbocycles. The van der Waals surface area contributed by atoms with Gasteiger partial charge in [0.05, 0.1) is 0 Å². The molecule has 1 aromatic rings. The second kappa shape index (κ2) is 12.7. The third-order valence-electron chi connectivity index (χ3n) is 5.93. The Balaban J connectivity index is 0.000000278. The van der Waals surface area contributed by atoms with E-state index in [1.165, 1.54) is 41.8 Å². The van der Waals surface area contributed by atoms with Crippen LogP contribution < -0.4 is 5.32 Å². The Hall–Kier alpha value is -2.27. The van der Waals surface area contributed by atoms with Crippen molar-refractivity contribution in [2.75, 3.05) is 19.6 Å². The predicted octanol–water partition coefficient (Wildman–Crippen LogP) is 6.43. The Bertz CT molecular complexity index is 845. The lowest BCUT2D eigenvalue weighted by molar-refractivity contribution is 0.255. The van der Waals surface area contributed by atoms with Gasteiger partial charge < -0.3 is 10.2 Å². The zero-order valence-electron chi connectivity index (χ0n) is 20.3. The van der Waals surface area contributed by atoms with E-state index in [0.29, 0.717) is 6.04 Å². The number of hydrogen-bond acceptors (Lipinski definition) is 3. The van der Waals surface area contributed by atoms with Crippen LogP contribution in [-0.4, -0.2) is 36.3 Å². The standard InChI is InChI=1S/C18H29N3.C9H10F2/c1-6-17(16-8-9-16)18(14(4)19-7-2)15(5)21-11-10-20-13(3)12-21;1-2-3-7-4-8(10)6-9(11)5-7/h6-7,13,16,20H,2,8-12H2,1,3-5H3;4-6H,2-3H2,1H3/b17-6-,18-15-,19-14?;. The first-order valence-corrected chi connectivity index (χ1v) is 11.8. The minimum Gasteiger partial charge on any atom is -0.372 e. The number of nitrogens with one attached hydrogen (secondary N) is 1. The molecule has 32 heavy (non-hydrogen) atoms. The molecule has 1 heterocycles. The van der Waals surface area contributed by atoms with E-state index in [1.54, 1.807) is 6.20 Å². The van der Waals surface area contributed by atoms with Gasteiger partial charge in [-0.05, 0) is 76.1 Å². The molecule has 3 nitrogen and oxygen atoms in total. The first-order valence-electron chi connectivity index (χ1n) is 11.8. The number of piperazine rings is 1. The van der Waals surface area contributed by atoms with E-state index in [-0.39, 0.29) is 0 Å². The highest BCUT2D eigenvalue weighted by molar-refractivity contribution is 6.03. The van der Waals surface area contributed by atoms with E-state index in [9.17, 15) is 8.78 Å². The molecular formula is C27H39F2N3. The van der Waals surface area contributed by atoms with Gasteiger partial charge in [-0.2, -0.15) is 0 Å². The summed E-state index contributed by atoms with van der Waals surface area (Å²) in [5.74, 6) is -0.253. The van der Waals surface area contributed by atoms with Crippen LogP contribution in [0.3, 0.4) is 0 Å². The van der Waals surface area contributed by atoms with Crippen molar-refractivity contribution in [2.24, 2.45) is 10.9 Å². The highest BCUT2D eigenvalue weighted by Gasteiger charge is 2.30. The third kappa shape index (κ3) is 7.70. The van der Waals surface area contributed by atoms with E-state index < -0.39 is 11.6 Å². The SMILES string of the molecule is C=CN=C(C)C(/C(=C\C)C1CC1)=C(\C)N1CCNC(C)C1.CCCc1cc(F)cc(F)c1. The molecule has 176 valence electrons. The van der Waals surface area contributed by atoms with Gasteiger partial charge in [-0.3, -0.25) is 4.99 Å². The molecule has 3 rings (SSSR count). The van der Waals surface area contributed by atoms with Gasteiger partial charge in [0.15, 0.2) is 0 Å². The first-order chi connectivity index (χ1) is 15.3. The van der Waals surface area contributed by atoms with Gasteiger partial charge in [-0.25, -0.2) is 8.78 Å². The Kier molecular flexibility index (Phi) is 10.3. The summed E-state index contributed by atoms with van der Waals surface area (Å²) in [6.45, 7) is 17.7. The number of nitrogens with zero attached hydrogens (tertiary/aromatic N) is 2. The highest BCUT2D eigenvalue weighted by Crippen LogP contribution is 2.41. The summed E-state index contributed by atoms with van der Waals surface area (Å²) in [7, 11) is 0. The van der Waals surface area contributed by atoms with Crippen LogP contribution in [0.1, 0.15) is 59.4 Å². The van der Waals surface area contributed by atoms with E-state index in [4.69, 9.17) is 0 Å². The van der Waals surface area contributed by atoms with Gasteiger partial charge in [0, 0.05) is 54.9 Å². The molecule has 0 amide bonds. The molecule has 1 unspecified atom stereocenters. The molecule has 0 aromatic heterocycles. The summed E-state index contributed by atoms with van der Waals surface area (Å²) >= 11 is 0.